The normalized spacial score (nSPS) is 17.5. The van der Waals surface area contributed by atoms with E-state index in [1.54, 1.807) is 6.07 Å². The van der Waals surface area contributed by atoms with Crippen LogP contribution >= 0.6 is 27.5 Å². The van der Waals surface area contributed by atoms with E-state index in [2.05, 4.69) is 21.2 Å². The number of phenols is 1. The molecule has 0 saturated carbocycles. The Morgan fingerprint density at radius 1 is 1.44 bits per heavy atom. The summed E-state index contributed by atoms with van der Waals surface area (Å²) < 4.78 is 0.409. The van der Waals surface area contributed by atoms with E-state index < -0.39 is 11.9 Å². The van der Waals surface area contributed by atoms with Gasteiger partial charge >= 0.3 is 6.03 Å². The molecule has 0 atom stereocenters. The molecule has 0 spiro atoms. The van der Waals surface area contributed by atoms with Gasteiger partial charge in [0.1, 0.15) is 11.4 Å². The molecule has 1 aliphatic heterocycles. The molecule has 94 valence electrons. The van der Waals surface area contributed by atoms with Gasteiger partial charge in [0, 0.05) is 7.05 Å². The summed E-state index contributed by atoms with van der Waals surface area (Å²) in [5.41, 5.74) is 0.750. The maximum Gasteiger partial charge on any atom is 0.328 e. The molecule has 0 aromatic heterocycles. The quantitative estimate of drug-likeness (QED) is 0.613. The van der Waals surface area contributed by atoms with Crippen LogP contribution in [0.5, 0.6) is 5.75 Å². The molecular weight excluding hydrogens is 323 g/mol. The predicted octanol–water partition coefficient (Wildman–Crippen LogP) is 2.33. The van der Waals surface area contributed by atoms with Gasteiger partial charge in [0.2, 0.25) is 0 Å². The largest absolute Gasteiger partial charge is 0.505 e. The second-order valence-electron chi connectivity index (χ2n) is 3.69. The number of hydrogen-bond acceptors (Lipinski definition) is 3. The van der Waals surface area contributed by atoms with E-state index in [1.807, 2.05) is 0 Å². The number of benzene rings is 1. The van der Waals surface area contributed by atoms with Crippen molar-refractivity contribution in [3.63, 3.8) is 0 Å². The third-order valence-electron chi connectivity index (χ3n) is 2.43. The smallest absolute Gasteiger partial charge is 0.328 e. The molecule has 2 rings (SSSR count). The third-order valence-corrected chi connectivity index (χ3v) is 3.32. The van der Waals surface area contributed by atoms with Crippen LogP contribution in [0.1, 0.15) is 5.56 Å². The molecule has 0 radical (unpaired) electrons. The number of rotatable bonds is 1. The minimum Gasteiger partial charge on any atom is -0.505 e. The number of nitrogens with zero attached hydrogens (tertiary/aromatic N) is 1. The summed E-state index contributed by atoms with van der Waals surface area (Å²) in [6, 6.07) is 2.61. The Labute approximate surface area is 116 Å². The van der Waals surface area contributed by atoms with Crippen molar-refractivity contribution in [2.24, 2.45) is 0 Å². The van der Waals surface area contributed by atoms with Crippen molar-refractivity contribution in [2.75, 3.05) is 7.05 Å². The number of nitrogens with one attached hydrogen (secondary N) is 1. The Morgan fingerprint density at radius 2 is 2.11 bits per heavy atom. The summed E-state index contributed by atoms with van der Waals surface area (Å²) in [5, 5.41) is 12.1. The third kappa shape index (κ3) is 2.21. The molecule has 0 aliphatic carbocycles. The van der Waals surface area contributed by atoms with Gasteiger partial charge in [-0.15, -0.1) is 0 Å². The van der Waals surface area contributed by atoms with Gasteiger partial charge in [0.15, 0.2) is 0 Å². The number of urea groups is 1. The van der Waals surface area contributed by atoms with Crippen LogP contribution in [0.2, 0.25) is 5.02 Å². The fourth-order valence-corrected chi connectivity index (χ4v) is 2.28. The van der Waals surface area contributed by atoms with Gasteiger partial charge in [-0.05, 0) is 39.7 Å². The van der Waals surface area contributed by atoms with Crippen molar-refractivity contribution >= 4 is 45.5 Å². The maximum absolute atomic E-state index is 11.6. The van der Waals surface area contributed by atoms with Gasteiger partial charge < -0.3 is 10.4 Å². The lowest BCUT2D eigenvalue weighted by molar-refractivity contribution is -0.121. The highest BCUT2D eigenvalue weighted by molar-refractivity contribution is 9.10. The number of halogens is 2. The minimum absolute atomic E-state index is 0.0716. The van der Waals surface area contributed by atoms with E-state index in [9.17, 15) is 14.7 Å². The number of carbonyl (C=O) groups excluding carboxylic acids is 2. The molecule has 0 unspecified atom stereocenters. The first kappa shape index (κ1) is 12.9. The second-order valence-corrected chi connectivity index (χ2v) is 4.95. The molecule has 1 fully saturated rings. The van der Waals surface area contributed by atoms with Crippen LogP contribution < -0.4 is 5.32 Å². The Balaban J connectivity index is 2.40. The van der Waals surface area contributed by atoms with E-state index >= 15 is 0 Å². The van der Waals surface area contributed by atoms with Crippen molar-refractivity contribution in [3.8, 4) is 5.75 Å². The molecule has 18 heavy (non-hydrogen) atoms. The number of aromatic hydroxyl groups is 1. The number of likely N-dealkylation sites (N-methyl/N-ethyl adjacent to an activating group) is 1. The topological polar surface area (TPSA) is 69.6 Å². The van der Waals surface area contributed by atoms with E-state index in [0.29, 0.717) is 10.0 Å². The van der Waals surface area contributed by atoms with Crippen LogP contribution in [-0.2, 0) is 4.79 Å². The Kier molecular flexibility index (Phi) is 3.32. The summed E-state index contributed by atoms with van der Waals surface area (Å²) in [5.74, 6) is -0.488. The van der Waals surface area contributed by atoms with Crippen LogP contribution in [0.4, 0.5) is 4.79 Å². The highest BCUT2D eigenvalue weighted by Gasteiger charge is 2.29. The summed E-state index contributed by atoms with van der Waals surface area (Å²) in [4.78, 5) is 23.9. The van der Waals surface area contributed by atoms with Crippen LogP contribution in [0, 0.1) is 0 Å². The van der Waals surface area contributed by atoms with Gasteiger partial charge in [0.25, 0.3) is 5.91 Å². The first-order valence-corrected chi connectivity index (χ1v) is 6.06. The number of imide groups is 1. The maximum atomic E-state index is 11.6. The molecule has 1 aromatic carbocycles. The molecule has 2 N–H and O–H groups in total. The molecule has 5 nitrogen and oxygen atoms in total. The zero-order valence-electron chi connectivity index (χ0n) is 9.20. The number of amides is 3. The van der Waals surface area contributed by atoms with Crippen molar-refractivity contribution in [3.05, 3.63) is 32.9 Å². The lowest BCUT2D eigenvalue weighted by atomic mass is 10.2. The van der Waals surface area contributed by atoms with E-state index in [4.69, 9.17) is 11.6 Å². The van der Waals surface area contributed by atoms with E-state index in [-0.39, 0.29) is 16.5 Å². The van der Waals surface area contributed by atoms with Gasteiger partial charge in [-0.3, -0.25) is 9.69 Å². The summed E-state index contributed by atoms with van der Waals surface area (Å²) in [6.45, 7) is 0. The molecule has 1 saturated heterocycles. The summed E-state index contributed by atoms with van der Waals surface area (Å²) in [6.07, 6.45) is 1.49. The van der Waals surface area contributed by atoms with Gasteiger partial charge in [-0.1, -0.05) is 11.6 Å². The number of carbonyl (C=O) groups is 2. The molecule has 1 aromatic rings. The highest BCUT2D eigenvalue weighted by atomic mass is 79.9. The molecule has 7 heteroatoms. The van der Waals surface area contributed by atoms with Gasteiger partial charge in [-0.25, -0.2) is 4.79 Å². The summed E-state index contributed by atoms with van der Waals surface area (Å²) >= 11 is 8.95. The average Bonchev–Trinajstić information content (AvgIpc) is 2.54. The zero-order valence-corrected chi connectivity index (χ0v) is 11.5. The SMILES string of the molecule is CN1C(=O)N/C(=C/c2cc(Cl)c(O)c(Br)c2)C1=O. The molecule has 0 bridgehead atoms. The van der Waals surface area contributed by atoms with Crippen molar-refractivity contribution < 1.29 is 14.7 Å². The lowest BCUT2D eigenvalue weighted by Gasteiger charge is -2.03. The Hall–Kier alpha value is -1.53. The van der Waals surface area contributed by atoms with Gasteiger partial charge in [-0.2, -0.15) is 0 Å². The van der Waals surface area contributed by atoms with Crippen molar-refractivity contribution in [1.29, 1.82) is 0 Å². The molecular formula is C11H8BrClN2O3. The van der Waals surface area contributed by atoms with Crippen LogP contribution in [0.3, 0.4) is 0 Å². The molecule has 1 aliphatic rings. The first-order chi connectivity index (χ1) is 8.40. The standard InChI is InChI=1S/C11H8BrClN2O3/c1-15-10(17)8(14-11(15)18)4-5-2-6(12)9(16)7(13)3-5/h2-4,16H,1H3,(H,14,18)/b8-4+. The van der Waals surface area contributed by atoms with Crippen molar-refractivity contribution in [2.45, 2.75) is 0 Å². The average molecular weight is 332 g/mol. The predicted molar refractivity (Wildman–Crippen MR) is 70.1 cm³/mol. The van der Waals surface area contributed by atoms with Crippen molar-refractivity contribution in [1.82, 2.24) is 10.2 Å². The Morgan fingerprint density at radius 3 is 2.61 bits per heavy atom. The fraction of sp³-hybridized carbons (Fsp3) is 0.0909. The summed E-state index contributed by atoms with van der Waals surface area (Å²) in [7, 11) is 1.39. The van der Waals surface area contributed by atoms with E-state index in [0.717, 1.165) is 4.90 Å². The van der Waals surface area contributed by atoms with E-state index in [1.165, 1.54) is 19.2 Å². The lowest BCUT2D eigenvalue weighted by Crippen LogP contribution is -2.25. The second kappa shape index (κ2) is 4.62. The highest BCUT2D eigenvalue weighted by Crippen LogP contribution is 2.33. The first-order valence-electron chi connectivity index (χ1n) is 4.89. The zero-order chi connectivity index (χ0) is 13.4. The number of phenolic OH excluding ortho intramolecular Hbond substituents is 1. The fourth-order valence-electron chi connectivity index (χ4n) is 1.46. The number of hydrogen-bond donors (Lipinski definition) is 2. The Bertz CT molecular complexity index is 563. The monoisotopic (exact) mass is 330 g/mol. The van der Waals surface area contributed by atoms with Crippen LogP contribution in [0.15, 0.2) is 22.3 Å². The van der Waals surface area contributed by atoms with Crippen LogP contribution in [0.25, 0.3) is 6.08 Å². The molecule has 1 heterocycles. The van der Waals surface area contributed by atoms with Gasteiger partial charge in [0.05, 0.1) is 9.50 Å². The minimum atomic E-state index is -0.477. The van der Waals surface area contributed by atoms with Crippen LogP contribution in [-0.4, -0.2) is 29.0 Å². The molecule has 3 amide bonds.